The van der Waals surface area contributed by atoms with Crippen LogP contribution in [-0.4, -0.2) is 55.0 Å². The smallest absolute Gasteiger partial charge is 0.220 e. The van der Waals surface area contributed by atoms with Gasteiger partial charge in [-0.25, -0.2) is 9.97 Å². The number of hydrogen-bond donors (Lipinski definition) is 2. The van der Waals surface area contributed by atoms with Gasteiger partial charge >= 0.3 is 0 Å². The Balaban J connectivity index is 1.78. The van der Waals surface area contributed by atoms with E-state index in [4.69, 9.17) is 9.72 Å². The first-order chi connectivity index (χ1) is 13.6. The Bertz CT molecular complexity index is 1190. The third-order valence-electron chi connectivity index (χ3n) is 5.20. The van der Waals surface area contributed by atoms with Crippen molar-refractivity contribution in [3.63, 3.8) is 0 Å². The number of thiophene rings is 1. The summed E-state index contributed by atoms with van der Waals surface area (Å²) in [5.74, 6) is 0.660. The molecule has 0 aliphatic carbocycles. The lowest BCUT2D eigenvalue weighted by molar-refractivity contribution is -0.130. The highest BCUT2D eigenvalue weighted by Crippen LogP contribution is 2.39. The zero-order chi connectivity index (χ0) is 19.4. The molecule has 1 saturated heterocycles. The van der Waals surface area contributed by atoms with Gasteiger partial charge < -0.3 is 19.7 Å². The van der Waals surface area contributed by atoms with Crippen molar-refractivity contribution in [1.82, 2.24) is 24.3 Å². The second-order valence-corrected chi connectivity index (χ2v) is 7.95. The van der Waals surface area contributed by atoms with Gasteiger partial charge in [0.25, 0.3) is 0 Å². The Labute approximate surface area is 164 Å². The minimum Gasteiger partial charge on any atom is -0.487 e. The molecule has 144 valence electrons. The standard InChI is InChI=1S/C19H19N5O3S/c1-10(25)23-9-11(26)7-13(23)19-22-17(15-3-4-16(27-2)28-15)14-8-21-18-12(24(14)19)5-6-20-18/h3-6,8,11,13,20,26H,7,9H2,1-2H3/t11-,13-/m1/s1. The molecule has 2 N–H and O–H groups in total. The van der Waals surface area contributed by atoms with Crippen molar-refractivity contribution in [3.8, 4) is 15.6 Å². The molecule has 5 rings (SSSR count). The molecule has 2 atom stereocenters. The first-order valence-corrected chi connectivity index (χ1v) is 9.82. The zero-order valence-electron chi connectivity index (χ0n) is 15.4. The van der Waals surface area contributed by atoms with Crippen LogP contribution in [0.25, 0.3) is 27.3 Å². The van der Waals surface area contributed by atoms with Gasteiger partial charge in [-0.3, -0.25) is 9.20 Å². The average Bonchev–Trinajstić information content (AvgIpc) is 3.44. The normalized spacial score (nSPS) is 19.8. The number of aliphatic hydroxyl groups excluding tert-OH is 1. The van der Waals surface area contributed by atoms with Crippen LogP contribution in [0.1, 0.15) is 25.2 Å². The van der Waals surface area contributed by atoms with Crippen LogP contribution in [0, 0.1) is 0 Å². The van der Waals surface area contributed by atoms with Crippen molar-refractivity contribution < 1.29 is 14.6 Å². The molecule has 1 amide bonds. The quantitative estimate of drug-likeness (QED) is 0.554. The minimum atomic E-state index is -0.560. The van der Waals surface area contributed by atoms with Crippen LogP contribution in [0.4, 0.5) is 0 Å². The molecule has 0 spiro atoms. The van der Waals surface area contributed by atoms with E-state index in [2.05, 4.69) is 9.97 Å². The van der Waals surface area contributed by atoms with Gasteiger partial charge in [-0.15, -0.1) is 0 Å². The second-order valence-electron chi connectivity index (χ2n) is 6.91. The molecule has 1 aliphatic heterocycles. The predicted molar refractivity (Wildman–Crippen MR) is 105 cm³/mol. The third-order valence-corrected chi connectivity index (χ3v) is 6.25. The number of H-pyrrole nitrogens is 1. The summed E-state index contributed by atoms with van der Waals surface area (Å²) in [6.07, 6.45) is 3.52. The van der Waals surface area contributed by atoms with Crippen LogP contribution in [-0.2, 0) is 4.79 Å². The van der Waals surface area contributed by atoms with Crippen molar-refractivity contribution in [2.75, 3.05) is 13.7 Å². The number of β-amino-alcohol motifs (C(OH)–C–C–N with tert-alkyl or cyclic N) is 1. The molecule has 8 nitrogen and oxygen atoms in total. The first-order valence-electron chi connectivity index (χ1n) is 9.00. The molecule has 5 heterocycles. The van der Waals surface area contributed by atoms with Gasteiger partial charge in [0, 0.05) is 26.1 Å². The minimum absolute atomic E-state index is 0.0722. The zero-order valence-corrected chi connectivity index (χ0v) is 16.2. The number of fused-ring (bicyclic) bond motifs is 3. The fourth-order valence-electron chi connectivity index (χ4n) is 3.95. The summed E-state index contributed by atoms with van der Waals surface area (Å²) in [7, 11) is 1.64. The summed E-state index contributed by atoms with van der Waals surface area (Å²) in [6.45, 7) is 1.84. The highest BCUT2D eigenvalue weighted by Gasteiger charge is 2.37. The number of aliphatic hydroxyl groups is 1. The third kappa shape index (κ3) is 2.50. The van der Waals surface area contributed by atoms with Gasteiger partial charge in [0.05, 0.1) is 41.4 Å². The molecule has 4 aromatic heterocycles. The van der Waals surface area contributed by atoms with Crippen LogP contribution >= 0.6 is 11.3 Å². The molecule has 4 aromatic rings. The summed E-state index contributed by atoms with van der Waals surface area (Å²) in [4.78, 5) is 27.4. The highest BCUT2D eigenvalue weighted by atomic mass is 32.1. The van der Waals surface area contributed by atoms with E-state index in [0.29, 0.717) is 13.0 Å². The lowest BCUT2D eigenvalue weighted by atomic mass is 10.2. The number of carbonyl (C=O) groups is 1. The van der Waals surface area contributed by atoms with Crippen molar-refractivity contribution in [1.29, 1.82) is 0 Å². The molecule has 0 unspecified atom stereocenters. The van der Waals surface area contributed by atoms with E-state index in [-0.39, 0.29) is 11.9 Å². The molecule has 1 aliphatic rings. The number of carbonyl (C=O) groups excluding carboxylic acids is 1. The fraction of sp³-hybridized carbons (Fsp3) is 0.316. The lowest BCUT2D eigenvalue weighted by Crippen LogP contribution is -2.30. The Morgan fingerprint density at radius 1 is 1.36 bits per heavy atom. The van der Waals surface area contributed by atoms with Crippen molar-refractivity contribution >= 4 is 33.9 Å². The topological polar surface area (TPSA) is 95.8 Å². The van der Waals surface area contributed by atoms with Gasteiger partial charge in [0.2, 0.25) is 5.91 Å². The number of aromatic nitrogens is 4. The second kappa shape index (κ2) is 6.32. The number of nitrogens with one attached hydrogen (secondary N) is 1. The SMILES string of the molecule is COc1ccc(-c2nc([C@H]3C[C@@H](O)CN3C(C)=O)n3c2cnc2[nH]ccc23)s1. The number of rotatable bonds is 3. The van der Waals surface area contributed by atoms with Crippen LogP contribution in [0.3, 0.4) is 0 Å². The number of aromatic amines is 1. The van der Waals surface area contributed by atoms with Gasteiger partial charge in [-0.2, -0.15) is 0 Å². The maximum absolute atomic E-state index is 12.2. The molecule has 0 saturated carbocycles. The molecular formula is C19H19N5O3S. The van der Waals surface area contributed by atoms with E-state index in [1.807, 2.05) is 28.8 Å². The molecule has 28 heavy (non-hydrogen) atoms. The van der Waals surface area contributed by atoms with Gasteiger partial charge in [-0.05, 0) is 18.2 Å². The number of likely N-dealkylation sites (tertiary alicyclic amines) is 1. The largest absolute Gasteiger partial charge is 0.487 e. The number of amides is 1. The van der Waals surface area contributed by atoms with Crippen LogP contribution in [0.2, 0.25) is 0 Å². The fourth-order valence-corrected chi connectivity index (χ4v) is 4.77. The first kappa shape index (κ1) is 17.2. The molecule has 1 fully saturated rings. The summed E-state index contributed by atoms with van der Waals surface area (Å²) in [6, 6.07) is 5.54. The Morgan fingerprint density at radius 3 is 2.96 bits per heavy atom. The van der Waals surface area contributed by atoms with E-state index in [0.717, 1.165) is 38.1 Å². The maximum Gasteiger partial charge on any atom is 0.220 e. The maximum atomic E-state index is 12.2. The summed E-state index contributed by atoms with van der Waals surface area (Å²) >= 11 is 1.51. The van der Waals surface area contributed by atoms with Crippen LogP contribution in [0.15, 0.2) is 30.6 Å². The summed E-state index contributed by atoms with van der Waals surface area (Å²) < 4.78 is 7.37. The molecule has 0 bridgehead atoms. The average molecular weight is 397 g/mol. The van der Waals surface area contributed by atoms with Crippen LogP contribution in [0.5, 0.6) is 5.06 Å². The number of methoxy groups -OCH3 is 1. The van der Waals surface area contributed by atoms with Crippen molar-refractivity contribution in [2.24, 2.45) is 0 Å². The van der Waals surface area contributed by atoms with Gasteiger partial charge in [0.15, 0.2) is 10.7 Å². The number of ether oxygens (including phenoxy) is 1. The number of nitrogens with zero attached hydrogens (tertiary/aromatic N) is 4. The van der Waals surface area contributed by atoms with E-state index in [9.17, 15) is 9.90 Å². The molecule has 9 heteroatoms. The summed E-state index contributed by atoms with van der Waals surface area (Å²) in [5, 5.41) is 11.0. The van der Waals surface area contributed by atoms with Crippen molar-refractivity contribution in [2.45, 2.75) is 25.5 Å². The van der Waals surface area contributed by atoms with E-state index >= 15 is 0 Å². The van der Waals surface area contributed by atoms with Gasteiger partial charge in [-0.1, -0.05) is 11.3 Å². The Hall–Kier alpha value is -2.91. The molecular weight excluding hydrogens is 378 g/mol. The summed E-state index contributed by atoms with van der Waals surface area (Å²) in [5.41, 5.74) is 3.29. The van der Waals surface area contributed by atoms with Crippen LogP contribution < -0.4 is 4.74 Å². The van der Waals surface area contributed by atoms with Crippen molar-refractivity contribution in [3.05, 3.63) is 36.4 Å². The van der Waals surface area contributed by atoms with E-state index < -0.39 is 6.10 Å². The predicted octanol–water partition coefficient (Wildman–Crippen LogP) is 2.60. The highest BCUT2D eigenvalue weighted by molar-refractivity contribution is 7.17. The monoisotopic (exact) mass is 397 g/mol. The lowest BCUT2D eigenvalue weighted by Gasteiger charge is -2.22. The molecule has 0 radical (unpaired) electrons. The van der Waals surface area contributed by atoms with Gasteiger partial charge in [0.1, 0.15) is 11.5 Å². The number of hydrogen-bond acceptors (Lipinski definition) is 6. The number of imidazole rings is 1. The van der Waals surface area contributed by atoms with E-state index in [1.54, 1.807) is 18.2 Å². The Kier molecular flexibility index (Phi) is 3.88. The molecule has 0 aromatic carbocycles. The van der Waals surface area contributed by atoms with E-state index in [1.165, 1.54) is 18.3 Å². The Morgan fingerprint density at radius 2 is 2.21 bits per heavy atom.